The van der Waals surface area contributed by atoms with Crippen LogP contribution in [0.25, 0.3) is 0 Å². The average molecular weight is 304 g/mol. The van der Waals surface area contributed by atoms with E-state index in [9.17, 15) is 0 Å². The summed E-state index contributed by atoms with van der Waals surface area (Å²) < 4.78 is 11.0. The van der Waals surface area contributed by atoms with Gasteiger partial charge >= 0.3 is 0 Å². The molecule has 2 aromatic rings. The van der Waals surface area contributed by atoms with Gasteiger partial charge in [0.15, 0.2) is 0 Å². The van der Waals surface area contributed by atoms with Crippen LogP contribution in [0, 0.1) is 0 Å². The highest BCUT2D eigenvalue weighted by atomic mass is 35.5. The van der Waals surface area contributed by atoms with Crippen molar-refractivity contribution in [2.45, 2.75) is 18.9 Å². The largest absolute Gasteiger partial charge is 0.497 e. The van der Waals surface area contributed by atoms with E-state index in [4.69, 9.17) is 26.8 Å². The van der Waals surface area contributed by atoms with Gasteiger partial charge in [-0.3, -0.25) is 0 Å². The molecule has 0 aliphatic carbocycles. The van der Waals surface area contributed by atoms with Gasteiger partial charge in [0.05, 0.1) is 13.7 Å². The molecule has 0 bridgehead atoms. The van der Waals surface area contributed by atoms with Crippen molar-refractivity contribution in [2.24, 2.45) is 5.73 Å². The second-order valence-electron chi connectivity index (χ2n) is 5.24. The maximum Gasteiger partial charge on any atom is 0.127 e. The van der Waals surface area contributed by atoms with Gasteiger partial charge in [-0.2, -0.15) is 0 Å². The topological polar surface area (TPSA) is 44.5 Å². The van der Waals surface area contributed by atoms with E-state index in [0.717, 1.165) is 39.6 Å². The second kappa shape index (κ2) is 5.96. The summed E-state index contributed by atoms with van der Waals surface area (Å²) in [6.45, 7) is 0.703. The summed E-state index contributed by atoms with van der Waals surface area (Å²) in [5.74, 6) is 1.75. The number of hydrogen-bond acceptors (Lipinski definition) is 3. The average Bonchev–Trinajstić information content (AvgIpc) is 2.94. The molecule has 0 spiro atoms. The van der Waals surface area contributed by atoms with Crippen LogP contribution in [0.3, 0.4) is 0 Å². The number of nitrogens with two attached hydrogens (primary N) is 1. The molecule has 1 aliphatic heterocycles. The molecular formula is C17H18ClNO2. The first-order valence-electron chi connectivity index (χ1n) is 7.01. The lowest BCUT2D eigenvalue weighted by Gasteiger charge is -2.16. The highest BCUT2D eigenvalue weighted by molar-refractivity contribution is 6.30. The van der Waals surface area contributed by atoms with Crippen molar-refractivity contribution in [3.05, 3.63) is 58.1 Å². The lowest BCUT2D eigenvalue weighted by atomic mass is 9.97. The van der Waals surface area contributed by atoms with Crippen LogP contribution in [0.5, 0.6) is 11.5 Å². The molecule has 110 valence electrons. The maximum absolute atomic E-state index is 6.38. The molecule has 3 rings (SSSR count). The molecule has 0 radical (unpaired) electrons. The van der Waals surface area contributed by atoms with Crippen molar-refractivity contribution in [2.75, 3.05) is 13.7 Å². The maximum atomic E-state index is 6.38. The summed E-state index contributed by atoms with van der Waals surface area (Å²) in [5.41, 5.74) is 9.65. The lowest BCUT2D eigenvalue weighted by molar-refractivity contribution is 0.351. The standard InChI is InChI=1S/C17H18ClNO2/c1-20-14-4-2-3-11(7-14)8-16(19)15-10-13(18)9-12-5-6-21-17(12)15/h2-4,7,9-10,16H,5-6,8,19H2,1H3. The van der Waals surface area contributed by atoms with Gasteiger partial charge in [0.2, 0.25) is 0 Å². The molecule has 3 nitrogen and oxygen atoms in total. The molecule has 4 heteroatoms. The number of halogens is 1. The number of benzene rings is 2. The fraction of sp³-hybridized carbons (Fsp3) is 0.294. The minimum atomic E-state index is -0.150. The van der Waals surface area contributed by atoms with E-state index in [1.807, 2.05) is 36.4 Å². The Labute approximate surface area is 129 Å². The molecule has 0 aromatic heterocycles. The number of fused-ring (bicyclic) bond motifs is 1. The fourth-order valence-corrected chi connectivity index (χ4v) is 2.99. The number of methoxy groups -OCH3 is 1. The summed E-state index contributed by atoms with van der Waals surface area (Å²) >= 11 is 6.19. The summed E-state index contributed by atoms with van der Waals surface area (Å²) in [4.78, 5) is 0. The van der Waals surface area contributed by atoms with E-state index in [-0.39, 0.29) is 6.04 Å². The normalized spacial score (nSPS) is 14.4. The second-order valence-corrected chi connectivity index (χ2v) is 5.68. The predicted molar refractivity (Wildman–Crippen MR) is 84.3 cm³/mol. The summed E-state index contributed by atoms with van der Waals surface area (Å²) in [7, 11) is 1.66. The van der Waals surface area contributed by atoms with Crippen LogP contribution in [-0.2, 0) is 12.8 Å². The van der Waals surface area contributed by atoms with Crippen molar-refractivity contribution >= 4 is 11.6 Å². The Hall–Kier alpha value is -1.71. The first-order valence-corrected chi connectivity index (χ1v) is 7.39. The zero-order valence-corrected chi connectivity index (χ0v) is 12.7. The van der Waals surface area contributed by atoms with E-state index >= 15 is 0 Å². The molecule has 2 N–H and O–H groups in total. The van der Waals surface area contributed by atoms with E-state index < -0.39 is 0 Å². The van der Waals surface area contributed by atoms with Gasteiger partial charge in [-0.05, 0) is 41.8 Å². The van der Waals surface area contributed by atoms with E-state index in [1.165, 1.54) is 0 Å². The third-order valence-corrected chi connectivity index (χ3v) is 3.98. The molecule has 0 saturated heterocycles. The van der Waals surface area contributed by atoms with E-state index in [2.05, 4.69) is 0 Å². The van der Waals surface area contributed by atoms with Gasteiger partial charge in [0, 0.05) is 23.0 Å². The molecule has 21 heavy (non-hydrogen) atoms. The van der Waals surface area contributed by atoms with Crippen molar-refractivity contribution in [3.63, 3.8) is 0 Å². The monoisotopic (exact) mass is 303 g/mol. The van der Waals surface area contributed by atoms with Crippen molar-refractivity contribution in [1.82, 2.24) is 0 Å². The molecular weight excluding hydrogens is 286 g/mol. The molecule has 0 amide bonds. The first kappa shape index (κ1) is 14.2. The summed E-state index contributed by atoms with van der Waals surface area (Å²) in [6, 6.07) is 11.7. The Kier molecular flexibility index (Phi) is 4.04. The number of ether oxygens (including phenoxy) is 2. The minimum Gasteiger partial charge on any atom is -0.497 e. The van der Waals surface area contributed by atoms with Crippen LogP contribution in [0.2, 0.25) is 5.02 Å². The number of hydrogen-bond donors (Lipinski definition) is 1. The first-order chi connectivity index (χ1) is 10.2. The van der Waals surface area contributed by atoms with Crippen LogP contribution >= 0.6 is 11.6 Å². The third kappa shape index (κ3) is 2.99. The Balaban J connectivity index is 1.87. The zero-order valence-electron chi connectivity index (χ0n) is 11.9. The molecule has 0 saturated carbocycles. The van der Waals surface area contributed by atoms with Crippen LogP contribution in [0.1, 0.15) is 22.7 Å². The van der Waals surface area contributed by atoms with Crippen LogP contribution in [0.15, 0.2) is 36.4 Å². The Morgan fingerprint density at radius 3 is 3.00 bits per heavy atom. The molecule has 2 aromatic carbocycles. The smallest absolute Gasteiger partial charge is 0.127 e. The van der Waals surface area contributed by atoms with Gasteiger partial charge in [-0.15, -0.1) is 0 Å². The summed E-state index contributed by atoms with van der Waals surface area (Å²) in [5, 5.41) is 0.718. The minimum absolute atomic E-state index is 0.150. The molecule has 1 aliphatic rings. The highest BCUT2D eigenvalue weighted by Gasteiger charge is 2.21. The zero-order chi connectivity index (χ0) is 14.8. The fourth-order valence-electron chi connectivity index (χ4n) is 2.74. The van der Waals surface area contributed by atoms with E-state index in [1.54, 1.807) is 7.11 Å². The Bertz CT molecular complexity index is 657. The Morgan fingerprint density at radius 1 is 1.33 bits per heavy atom. The van der Waals surface area contributed by atoms with Gasteiger partial charge in [0.25, 0.3) is 0 Å². The van der Waals surface area contributed by atoms with Crippen LogP contribution in [0.4, 0.5) is 0 Å². The van der Waals surface area contributed by atoms with E-state index in [0.29, 0.717) is 13.0 Å². The molecule has 1 unspecified atom stereocenters. The quantitative estimate of drug-likeness (QED) is 0.940. The molecule has 1 atom stereocenters. The van der Waals surface area contributed by atoms with Gasteiger partial charge in [-0.1, -0.05) is 23.7 Å². The number of rotatable bonds is 4. The highest BCUT2D eigenvalue weighted by Crippen LogP contribution is 2.36. The molecule has 1 heterocycles. The predicted octanol–water partition coefficient (Wildman–Crippen LogP) is 3.53. The summed E-state index contributed by atoms with van der Waals surface area (Å²) in [6.07, 6.45) is 1.61. The SMILES string of the molecule is COc1cccc(CC(N)c2cc(Cl)cc3c2OCC3)c1. The Morgan fingerprint density at radius 2 is 2.19 bits per heavy atom. The molecule has 0 fully saturated rings. The van der Waals surface area contributed by atoms with Crippen molar-refractivity contribution < 1.29 is 9.47 Å². The van der Waals surface area contributed by atoms with Gasteiger partial charge in [-0.25, -0.2) is 0 Å². The van der Waals surface area contributed by atoms with Crippen molar-refractivity contribution in [1.29, 1.82) is 0 Å². The van der Waals surface area contributed by atoms with Gasteiger partial charge in [0.1, 0.15) is 11.5 Å². The van der Waals surface area contributed by atoms with Crippen LogP contribution in [-0.4, -0.2) is 13.7 Å². The third-order valence-electron chi connectivity index (χ3n) is 3.77. The van der Waals surface area contributed by atoms with Crippen molar-refractivity contribution in [3.8, 4) is 11.5 Å². The lowest BCUT2D eigenvalue weighted by Crippen LogP contribution is -2.14. The van der Waals surface area contributed by atoms with Crippen LogP contribution < -0.4 is 15.2 Å². The van der Waals surface area contributed by atoms with Gasteiger partial charge < -0.3 is 15.2 Å².